The van der Waals surface area contributed by atoms with E-state index in [1.165, 1.54) is 0 Å². The van der Waals surface area contributed by atoms with Gasteiger partial charge in [-0.3, -0.25) is 4.90 Å². The molecule has 2 aromatic rings. The molecule has 0 bridgehead atoms. The smallest absolute Gasteiger partial charge is 0.293 e. The molecular weight excluding hydrogens is 272 g/mol. The summed E-state index contributed by atoms with van der Waals surface area (Å²) in [7, 11) is 0. The van der Waals surface area contributed by atoms with Gasteiger partial charge in [-0.15, -0.1) is 0 Å². The number of hydrogen-bond acceptors (Lipinski definition) is 7. The van der Waals surface area contributed by atoms with E-state index < -0.39 is 0 Å². The molecule has 2 aromatic heterocycles. The van der Waals surface area contributed by atoms with Gasteiger partial charge in [-0.25, -0.2) is 0 Å². The van der Waals surface area contributed by atoms with Gasteiger partial charge in [0.2, 0.25) is 5.82 Å². The predicted octanol–water partition coefficient (Wildman–Crippen LogP) is 1.57. The number of nitrogens with two attached hydrogens (primary N) is 1. The van der Waals surface area contributed by atoms with Crippen molar-refractivity contribution in [2.75, 3.05) is 19.7 Å². The van der Waals surface area contributed by atoms with Gasteiger partial charge >= 0.3 is 0 Å². The summed E-state index contributed by atoms with van der Waals surface area (Å²) < 4.78 is 16.5. The van der Waals surface area contributed by atoms with Gasteiger partial charge < -0.3 is 19.4 Å². The molecule has 0 radical (unpaired) electrons. The van der Waals surface area contributed by atoms with Crippen LogP contribution in [0, 0.1) is 0 Å². The highest BCUT2D eigenvalue weighted by atomic mass is 16.5. The van der Waals surface area contributed by atoms with Crippen LogP contribution < -0.4 is 5.73 Å². The van der Waals surface area contributed by atoms with Crippen LogP contribution in [0.1, 0.15) is 31.5 Å². The van der Waals surface area contributed by atoms with Crippen molar-refractivity contribution in [2.45, 2.75) is 32.5 Å². The quantitative estimate of drug-likeness (QED) is 0.914. The van der Waals surface area contributed by atoms with Crippen molar-refractivity contribution in [3.05, 3.63) is 23.7 Å². The molecule has 1 aliphatic rings. The molecule has 7 heteroatoms. The first-order chi connectivity index (χ1) is 10.2. The molecule has 1 fully saturated rings. The van der Waals surface area contributed by atoms with Gasteiger partial charge in [0.1, 0.15) is 11.9 Å². The highest BCUT2D eigenvalue weighted by Gasteiger charge is 2.28. The number of furan rings is 1. The number of nitrogens with zero attached hydrogens (tertiary/aromatic N) is 3. The van der Waals surface area contributed by atoms with E-state index >= 15 is 0 Å². The highest BCUT2D eigenvalue weighted by Crippen LogP contribution is 2.25. The molecule has 1 aliphatic heterocycles. The van der Waals surface area contributed by atoms with E-state index in [0.717, 1.165) is 13.1 Å². The van der Waals surface area contributed by atoms with E-state index in [9.17, 15) is 0 Å². The van der Waals surface area contributed by atoms with Crippen LogP contribution in [-0.4, -0.2) is 40.8 Å². The Balaban J connectivity index is 1.75. The van der Waals surface area contributed by atoms with Gasteiger partial charge in [-0.1, -0.05) is 5.16 Å². The van der Waals surface area contributed by atoms with Crippen LogP contribution in [0.3, 0.4) is 0 Å². The predicted molar refractivity (Wildman–Crippen MR) is 75.3 cm³/mol. The third-order valence-corrected chi connectivity index (χ3v) is 3.63. The zero-order chi connectivity index (χ0) is 14.8. The summed E-state index contributed by atoms with van der Waals surface area (Å²) in [5.41, 5.74) is 5.52. The van der Waals surface area contributed by atoms with E-state index in [1.54, 1.807) is 12.1 Å². The van der Waals surface area contributed by atoms with Crippen LogP contribution in [0.15, 0.2) is 21.1 Å². The largest absolute Gasteiger partial charge is 0.455 e. The second-order valence-electron chi connectivity index (χ2n) is 5.38. The van der Waals surface area contributed by atoms with Gasteiger partial charge in [-0.2, -0.15) is 4.98 Å². The van der Waals surface area contributed by atoms with E-state index in [2.05, 4.69) is 28.9 Å². The average Bonchev–Trinajstić information content (AvgIpc) is 3.16. The van der Waals surface area contributed by atoms with Gasteiger partial charge in [0.25, 0.3) is 5.89 Å². The monoisotopic (exact) mass is 292 g/mol. The molecule has 7 nitrogen and oxygen atoms in total. The molecule has 0 amide bonds. The molecule has 0 saturated carbocycles. The van der Waals surface area contributed by atoms with E-state index in [-0.39, 0.29) is 6.10 Å². The number of rotatable bonds is 4. The van der Waals surface area contributed by atoms with Crippen molar-refractivity contribution >= 4 is 0 Å². The Bertz CT molecular complexity index is 593. The lowest BCUT2D eigenvalue weighted by atomic mass is 10.2. The van der Waals surface area contributed by atoms with Crippen LogP contribution >= 0.6 is 0 Å². The van der Waals surface area contributed by atoms with Crippen LogP contribution in [0.4, 0.5) is 0 Å². The Hall–Kier alpha value is -1.70. The molecule has 3 heterocycles. The van der Waals surface area contributed by atoms with Crippen molar-refractivity contribution in [1.82, 2.24) is 15.0 Å². The van der Waals surface area contributed by atoms with Crippen LogP contribution in [-0.2, 0) is 11.3 Å². The molecule has 0 aromatic carbocycles. The maximum atomic E-state index is 5.74. The van der Waals surface area contributed by atoms with Crippen molar-refractivity contribution in [1.29, 1.82) is 0 Å². The standard InChI is InChI=1S/C14H20N4O3/c1-9(2)18-5-6-19-12(8-18)13-16-14(21-17-13)11-4-3-10(7-15)20-11/h3-4,9,12H,5-8,15H2,1-2H3. The van der Waals surface area contributed by atoms with Gasteiger partial charge in [0, 0.05) is 19.1 Å². The first kappa shape index (κ1) is 14.2. The summed E-state index contributed by atoms with van der Waals surface area (Å²) in [5.74, 6) is 2.13. The van der Waals surface area contributed by atoms with Gasteiger partial charge in [0.05, 0.1) is 13.2 Å². The lowest BCUT2D eigenvalue weighted by Crippen LogP contribution is -2.42. The Kier molecular flexibility index (Phi) is 4.05. The fourth-order valence-corrected chi connectivity index (χ4v) is 2.36. The lowest BCUT2D eigenvalue weighted by Gasteiger charge is -2.34. The summed E-state index contributed by atoms with van der Waals surface area (Å²) in [6, 6.07) is 4.05. The minimum Gasteiger partial charge on any atom is -0.455 e. The normalized spacial score (nSPS) is 20.3. The van der Waals surface area contributed by atoms with Crippen LogP contribution in [0.25, 0.3) is 11.7 Å². The molecular formula is C14H20N4O3. The van der Waals surface area contributed by atoms with Crippen LogP contribution in [0.5, 0.6) is 0 Å². The molecule has 2 N–H and O–H groups in total. The second-order valence-corrected chi connectivity index (χ2v) is 5.38. The average molecular weight is 292 g/mol. The van der Waals surface area contributed by atoms with E-state index in [1.807, 2.05) is 0 Å². The molecule has 1 saturated heterocycles. The molecule has 0 aliphatic carbocycles. The van der Waals surface area contributed by atoms with Gasteiger partial charge in [-0.05, 0) is 26.0 Å². The number of ether oxygens (including phenoxy) is 1. The van der Waals surface area contributed by atoms with Crippen molar-refractivity contribution < 1.29 is 13.7 Å². The van der Waals surface area contributed by atoms with E-state index in [0.29, 0.717) is 42.4 Å². The fraction of sp³-hybridized carbons (Fsp3) is 0.571. The maximum absolute atomic E-state index is 5.74. The Morgan fingerprint density at radius 3 is 3.00 bits per heavy atom. The van der Waals surface area contributed by atoms with Crippen molar-refractivity contribution in [3.8, 4) is 11.7 Å². The minimum absolute atomic E-state index is 0.164. The first-order valence-electron chi connectivity index (χ1n) is 7.15. The third-order valence-electron chi connectivity index (χ3n) is 3.63. The van der Waals surface area contributed by atoms with E-state index in [4.69, 9.17) is 19.4 Å². The Labute approximate surface area is 123 Å². The molecule has 3 rings (SSSR count). The minimum atomic E-state index is -0.164. The third kappa shape index (κ3) is 2.99. The van der Waals surface area contributed by atoms with Gasteiger partial charge in [0.15, 0.2) is 5.76 Å². The second kappa shape index (κ2) is 5.97. The fourth-order valence-electron chi connectivity index (χ4n) is 2.36. The molecule has 0 spiro atoms. The van der Waals surface area contributed by atoms with Crippen molar-refractivity contribution in [3.63, 3.8) is 0 Å². The zero-order valence-corrected chi connectivity index (χ0v) is 12.3. The van der Waals surface area contributed by atoms with Crippen LogP contribution in [0.2, 0.25) is 0 Å². The Morgan fingerprint density at radius 2 is 2.29 bits per heavy atom. The maximum Gasteiger partial charge on any atom is 0.293 e. The SMILES string of the molecule is CC(C)N1CCOC(c2noc(-c3ccc(CN)o3)n2)C1. The topological polar surface area (TPSA) is 90.5 Å². The molecule has 21 heavy (non-hydrogen) atoms. The first-order valence-corrected chi connectivity index (χ1v) is 7.15. The lowest BCUT2D eigenvalue weighted by molar-refractivity contribution is -0.0450. The summed E-state index contributed by atoms with van der Waals surface area (Å²) in [5, 5.41) is 4.02. The molecule has 1 atom stereocenters. The number of hydrogen-bond donors (Lipinski definition) is 1. The summed E-state index contributed by atoms with van der Waals surface area (Å²) in [4.78, 5) is 6.72. The summed E-state index contributed by atoms with van der Waals surface area (Å²) in [6.07, 6.45) is -0.164. The molecule has 1 unspecified atom stereocenters. The summed E-state index contributed by atoms with van der Waals surface area (Å²) >= 11 is 0. The number of morpholine rings is 1. The summed E-state index contributed by atoms with van der Waals surface area (Å²) in [6.45, 7) is 7.04. The molecule has 114 valence electrons. The Morgan fingerprint density at radius 1 is 1.43 bits per heavy atom. The zero-order valence-electron chi connectivity index (χ0n) is 12.3. The number of aromatic nitrogens is 2. The highest BCUT2D eigenvalue weighted by molar-refractivity contribution is 5.44. The van der Waals surface area contributed by atoms with Crippen molar-refractivity contribution in [2.24, 2.45) is 5.73 Å².